The molecule has 0 spiro atoms. The molecule has 2 N–H and O–H groups in total. The summed E-state index contributed by atoms with van der Waals surface area (Å²) < 4.78 is 13.6. The SMILES string of the molecule is NCc1ccc(F)c(CC(=O)C2CCCC2)c1. The number of carbonyl (C=O) groups is 1. The summed E-state index contributed by atoms with van der Waals surface area (Å²) in [4.78, 5) is 12.0. The van der Waals surface area contributed by atoms with E-state index in [2.05, 4.69) is 0 Å². The topological polar surface area (TPSA) is 43.1 Å². The average Bonchev–Trinajstić information content (AvgIpc) is 2.85. The van der Waals surface area contributed by atoms with Crippen LogP contribution in [0.1, 0.15) is 36.8 Å². The Morgan fingerprint density at radius 1 is 1.35 bits per heavy atom. The molecule has 0 saturated heterocycles. The van der Waals surface area contributed by atoms with Crippen molar-refractivity contribution in [1.82, 2.24) is 0 Å². The fourth-order valence-corrected chi connectivity index (χ4v) is 2.47. The average molecular weight is 235 g/mol. The molecule has 0 aliphatic heterocycles. The van der Waals surface area contributed by atoms with Gasteiger partial charge in [0.1, 0.15) is 11.6 Å². The molecule has 1 fully saturated rings. The number of nitrogens with two attached hydrogens (primary N) is 1. The zero-order valence-electron chi connectivity index (χ0n) is 9.92. The van der Waals surface area contributed by atoms with Crippen molar-refractivity contribution in [2.45, 2.75) is 38.6 Å². The molecular formula is C14H18FNO. The summed E-state index contributed by atoms with van der Waals surface area (Å²) in [6.45, 7) is 0.380. The molecule has 0 bridgehead atoms. The monoisotopic (exact) mass is 235 g/mol. The van der Waals surface area contributed by atoms with Gasteiger partial charge in [-0.25, -0.2) is 4.39 Å². The van der Waals surface area contributed by atoms with Gasteiger partial charge in [0.05, 0.1) is 0 Å². The van der Waals surface area contributed by atoms with Gasteiger partial charge in [-0.3, -0.25) is 4.79 Å². The lowest BCUT2D eigenvalue weighted by Crippen LogP contribution is -2.14. The van der Waals surface area contributed by atoms with Crippen LogP contribution < -0.4 is 5.73 Å². The standard InChI is InChI=1S/C14H18FNO/c15-13-6-5-10(9-16)7-12(13)8-14(17)11-3-1-2-4-11/h5-7,11H,1-4,8-9,16H2. The van der Waals surface area contributed by atoms with Crippen LogP contribution in [0, 0.1) is 11.7 Å². The summed E-state index contributed by atoms with van der Waals surface area (Å²) in [6, 6.07) is 4.78. The zero-order chi connectivity index (χ0) is 12.3. The van der Waals surface area contributed by atoms with Crippen LogP contribution in [0.4, 0.5) is 4.39 Å². The third-order valence-electron chi connectivity index (χ3n) is 3.52. The summed E-state index contributed by atoms with van der Waals surface area (Å²) >= 11 is 0. The smallest absolute Gasteiger partial charge is 0.140 e. The van der Waals surface area contributed by atoms with E-state index in [0.717, 1.165) is 31.2 Å². The van der Waals surface area contributed by atoms with Crippen molar-refractivity contribution in [2.75, 3.05) is 0 Å². The lowest BCUT2D eigenvalue weighted by atomic mass is 9.95. The Morgan fingerprint density at radius 2 is 2.06 bits per heavy atom. The normalized spacial score (nSPS) is 16.4. The third kappa shape index (κ3) is 2.91. The molecule has 1 aliphatic carbocycles. The van der Waals surface area contributed by atoms with E-state index in [0.29, 0.717) is 12.1 Å². The highest BCUT2D eigenvalue weighted by molar-refractivity contribution is 5.83. The van der Waals surface area contributed by atoms with Crippen molar-refractivity contribution in [3.05, 3.63) is 35.1 Å². The van der Waals surface area contributed by atoms with E-state index in [9.17, 15) is 9.18 Å². The lowest BCUT2D eigenvalue weighted by Gasteiger charge is -2.09. The fraction of sp³-hybridized carbons (Fsp3) is 0.500. The molecule has 0 unspecified atom stereocenters. The maximum Gasteiger partial charge on any atom is 0.140 e. The Bertz CT molecular complexity index is 411. The summed E-state index contributed by atoms with van der Waals surface area (Å²) in [5.41, 5.74) is 6.88. The van der Waals surface area contributed by atoms with Gasteiger partial charge in [-0.05, 0) is 30.0 Å². The van der Waals surface area contributed by atoms with Crippen LogP contribution >= 0.6 is 0 Å². The van der Waals surface area contributed by atoms with E-state index in [1.165, 1.54) is 6.07 Å². The Hall–Kier alpha value is -1.22. The first-order valence-corrected chi connectivity index (χ1v) is 6.21. The van der Waals surface area contributed by atoms with Crippen molar-refractivity contribution in [3.63, 3.8) is 0 Å². The maximum atomic E-state index is 13.6. The summed E-state index contributed by atoms with van der Waals surface area (Å²) in [7, 11) is 0. The number of carbonyl (C=O) groups excluding carboxylic acids is 1. The van der Waals surface area contributed by atoms with Crippen molar-refractivity contribution < 1.29 is 9.18 Å². The molecule has 1 aromatic carbocycles. The largest absolute Gasteiger partial charge is 0.326 e. The van der Waals surface area contributed by atoms with Crippen LogP contribution in [0.15, 0.2) is 18.2 Å². The molecule has 0 radical (unpaired) electrons. The Kier molecular flexibility index (Phi) is 3.89. The molecule has 2 nitrogen and oxygen atoms in total. The Morgan fingerprint density at radius 3 is 2.71 bits per heavy atom. The van der Waals surface area contributed by atoms with E-state index < -0.39 is 0 Å². The first kappa shape index (κ1) is 12.2. The maximum absolute atomic E-state index is 13.6. The predicted molar refractivity (Wildman–Crippen MR) is 65.0 cm³/mol. The van der Waals surface area contributed by atoms with Crippen LogP contribution in [0.25, 0.3) is 0 Å². The molecule has 3 heteroatoms. The van der Waals surface area contributed by atoms with Gasteiger partial charge in [0.25, 0.3) is 0 Å². The number of ketones is 1. The second-order valence-corrected chi connectivity index (χ2v) is 4.75. The van der Waals surface area contributed by atoms with Crippen LogP contribution in [0.3, 0.4) is 0 Å². The molecule has 92 valence electrons. The van der Waals surface area contributed by atoms with Crippen molar-refractivity contribution in [3.8, 4) is 0 Å². The highest BCUT2D eigenvalue weighted by atomic mass is 19.1. The Labute approximate surface area is 101 Å². The third-order valence-corrected chi connectivity index (χ3v) is 3.52. The van der Waals surface area contributed by atoms with Gasteiger partial charge in [-0.1, -0.05) is 25.0 Å². The minimum absolute atomic E-state index is 0.149. The van der Waals surface area contributed by atoms with E-state index in [4.69, 9.17) is 5.73 Å². The summed E-state index contributed by atoms with van der Waals surface area (Å²) in [5, 5.41) is 0. The number of halogens is 1. The van der Waals surface area contributed by atoms with Crippen molar-refractivity contribution >= 4 is 5.78 Å². The molecule has 0 heterocycles. The van der Waals surface area contributed by atoms with E-state index in [-0.39, 0.29) is 23.9 Å². The summed E-state index contributed by atoms with van der Waals surface area (Å²) in [6.07, 6.45) is 4.40. The number of hydrogen-bond acceptors (Lipinski definition) is 2. The van der Waals surface area contributed by atoms with Crippen molar-refractivity contribution in [2.24, 2.45) is 11.7 Å². The minimum Gasteiger partial charge on any atom is -0.326 e. The highest BCUT2D eigenvalue weighted by Crippen LogP contribution is 2.27. The second-order valence-electron chi connectivity index (χ2n) is 4.75. The number of hydrogen-bond donors (Lipinski definition) is 1. The molecule has 0 aromatic heterocycles. The molecule has 1 aliphatic rings. The molecular weight excluding hydrogens is 217 g/mol. The molecule has 1 aromatic rings. The fourth-order valence-electron chi connectivity index (χ4n) is 2.47. The number of benzene rings is 1. The quantitative estimate of drug-likeness (QED) is 0.871. The minimum atomic E-state index is -0.298. The number of Topliss-reactive ketones (excluding diaryl/α,β-unsaturated/α-hetero) is 1. The van der Waals surface area contributed by atoms with Gasteiger partial charge in [0, 0.05) is 18.9 Å². The van der Waals surface area contributed by atoms with Gasteiger partial charge in [-0.15, -0.1) is 0 Å². The summed E-state index contributed by atoms with van der Waals surface area (Å²) in [5.74, 6) is 0.0278. The molecule has 2 rings (SSSR count). The van der Waals surface area contributed by atoms with Crippen LogP contribution in [0.5, 0.6) is 0 Å². The van der Waals surface area contributed by atoms with E-state index >= 15 is 0 Å². The second kappa shape index (κ2) is 5.41. The lowest BCUT2D eigenvalue weighted by molar-refractivity contribution is -0.122. The van der Waals surface area contributed by atoms with Crippen LogP contribution in [0.2, 0.25) is 0 Å². The predicted octanol–water partition coefficient (Wildman–Crippen LogP) is 2.59. The molecule has 17 heavy (non-hydrogen) atoms. The van der Waals surface area contributed by atoms with Gasteiger partial charge < -0.3 is 5.73 Å². The Balaban J connectivity index is 2.09. The van der Waals surface area contributed by atoms with Gasteiger partial charge in [-0.2, -0.15) is 0 Å². The molecule has 0 atom stereocenters. The zero-order valence-corrected chi connectivity index (χ0v) is 9.92. The van der Waals surface area contributed by atoms with Gasteiger partial charge >= 0.3 is 0 Å². The highest BCUT2D eigenvalue weighted by Gasteiger charge is 2.23. The van der Waals surface area contributed by atoms with Gasteiger partial charge in [0.15, 0.2) is 0 Å². The molecule has 1 saturated carbocycles. The first-order chi connectivity index (χ1) is 8.20. The first-order valence-electron chi connectivity index (χ1n) is 6.21. The van der Waals surface area contributed by atoms with E-state index in [1.807, 2.05) is 0 Å². The van der Waals surface area contributed by atoms with Crippen LogP contribution in [-0.4, -0.2) is 5.78 Å². The molecule has 0 amide bonds. The number of rotatable bonds is 4. The van der Waals surface area contributed by atoms with Gasteiger partial charge in [0.2, 0.25) is 0 Å². The van der Waals surface area contributed by atoms with Crippen molar-refractivity contribution in [1.29, 1.82) is 0 Å². The van der Waals surface area contributed by atoms with E-state index in [1.54, 1.807) is 12.1 Å². The van der Waals surface area contributed by atoms with Crippen LogP contribution in [-0.2, 0) is 17.8 Å².